The van der Waals surface area contributed by atoms with Crippen LogP contribution in [0.3, 0.4) is 0 Å². The molecule has 3 heterocycles. The maximum atomic E-state index is 6.11. The van der Waals surface area contributed by atoms with Crippen LogP contribution in [0, 0.1) is 0 Å². The molecule has 2 aliphatic heterocycles. The third-order valence-corrected chi connectivity index (χ3v) is 5.26. The Morgan fingerprint density at radius 1 is 1.40 bits per heavy atom. The molecule has 4 nitrogen and oxygen atoms in total. The number of hydrogen-bond donors (Lipinski definition) is 1. The van der Waals surface area contributed by atoms with Crippen LogP contribution in [0.2, 0.25) is 0 Å². The second-order valence-corrected chi connectivity index (χ2v) is 6.26. The van der Waals surface area contributed by atoms with E-state index in [1.165, 1.54) is 18.5 Å². The number of nitrogens with zero attached hydrogens (tertiary/aromatic N) is 2. The van der Waals surface area contributed by atoms with Crippen LogP contribution in [-0.4, -0.2) is 28.3 Å². The van der Waals surface area contributed by atoms with E-state index in [1.54, 1.807) is 0 Å². The average molecular weight is 277 g/mol. The summed E-state index contributed by atoms with van der Waals surface area (Å²) in [6.07, 6.45) is 11.0. The Balaban J connectivity index is 1.80. The highest BCUT2D eigenvalue weighted by Crippen LogP contribution is 2.38. The van der Waals surface area contributed by atoms with Gasteiger partial charge in [0.25, 0.3) is 0 Å². The van der Waals surface area contributed by atoms with Crippen molar-refractivity contribution in [3.8, 4) is 0 Å². The van der Waals surface area contributed by atoms with Crippen molar-refractivity contribution in [2.24, 2.45) is 0 Å². The Morgan fingerprint density at radius 3 is 2.95 bits per heavy atom. The lowest BCUT2D eigenvalue weighted by molar-refractivity contribution is -0.0990. The van der Waals surface area contributed by atoms with Gasteiger partial charge in [0.2, 0.25) is 0 Å². The van der Waals surface area contributed by atoms with Crippen molar-refractivity contribution in [1.29, 1.82) is 0 Å². The molecule has 20 heavy (non-hydrogen) atoms. The summed E-state index contributed by atoms with van der Waals surface area (Å²) < 4.78 is 8.53. The fourth-order valence-electron chi connectivity index (χ4n) is 3.81. The standard InChI is InChI=1S/C16H27N3O/c1-3-16(4-2)10-13(7-9-20-16)19-12-17-11-15(19)14-6-5-8-18-14/h11-14,18H,3-10H2,1-2H3. The van der Waals surface area contributed by atoms with E-state index < -0.39 is 0 Å². The molecule has 2 saturated heterocycles. The summed E-state index contributed by atoms with van der Waals surface area (Å²) in [4.78, 5) is 4.42. The van der Waals surface area contributed by atoms with Crippen LogP contribution in [0.1, 0.15) is 70.2 Å². The van der Waals surface area contributed by atoms with Gasteiger partial charge in [-0.25, -0.2) is 4.98 Å². The minimum Gasteiger partial charge on any atom is -0.375 e. The summed E-state index contributed by atoms with van der Waals surface area (Å²) in [5.41, 5.74) is 1.45. The van der Waals surface area contributed by atoms with E-state index in [0.29, 0.717) is 12.1 Å². The minimum absolute atomic E-state index is 0.0769. The molecular weight excluding hydrogens is 250 g/mol. The van der Waals surface area contributed by atoms with E-state index in [1.807, 2.05) is 6.33 Å². The zero-order chi connectivity index (χ0) is 14.0. The first kappa shape index (κ1) is 14.1. The first-order valence-electron chi connectivity index (χ1n) is 8.17. The van der Waals surface area contributed by atoms with Gasteiger partial charge in [0.05, 0.1) is 17.6 Å². The topological polar surface area (TPSA) is 39.1 Å². The first-order chi connectivity index (χ1) is 9.78. The number of rotatable bonds is 4. The maximum Gasteiger partial charge on any atom is 0.0951 e. The van der Waals surface area contributed by atoms with E-state index >= 15 is 0 Å². The van der Waals surface area contributed by atoms with Gasteiger partial charge < -0.3 is 14.6 Å². The molecule has 3 rings (SSSR count). The molecule has 0 amide bonds. The van der Waals surface area contributed by atoms with Crippen molar-refractivity contribution in [2.75, 3.05) is 13.2 Å². The Labute approximate surface area is 121 Å². The molecule has 1 aromatic rings. The fourth-order valence-corrected chi connectivity index (χ4v) is 3.81. The van der Waals surface area contributed by atoms with Crippen LogP contribution < -0.4 is 5.32 Å². The summed E-state index contributed by atoms with van der Waals surface area (Å²) in [5.74, 6) is 0. The van der Waals surface area contributed by atoms with E-state index in [9.17, 15) is 0 Å². The predicted molar refractivity (Wildman–Crippen MR) is 79.7 cm³/mol. The molecule has 1 aromatic heterocycles. The average Bonchev–Trinajstić information content (AvgIpc) is 3.17. The summed E-state index contributed by atoms with van der Waals surface area (Å²) in [6, 6.07) is 1.04. The molecule has 2 atom stereocenters. The quantitative estimate of drug-likeness (QED) is 0.918. The Kier molecular flexibility index (Phi) is 4.13. The lowest BCUT2D eigenvalue weighted by Gasteiger charge is -2.41. The first-order valence-corrected chi connectivity index (χ1v) is 8.17. The van der Waals surface area contributed by atoms with Crippen molar-refractivity contribution in [1.82, 2.24) is 14.9 Å². The van der Waals surface area contributed by atoms with Gasteiger partial charge in [-0.1, -0.05) is 13.8 Å². The van der Waals surface area contributed by atoms with Crippen molar-refractivity contribution in [3.63, 3.8) is 0 Å². The van der Waals surface area contributed by atoms with Crippen molar-refractivity contribution in [3.05, 3.63) is 18.2 Å². The Bertz CT molecular complexity index is 433. The van der Waals surface area contributed by atoms with Gasteiger partial charge in [-0.15, -0.1) is 0 Å². The third-order valence-electron chi connectivity index (χ3n) is 5.26. The molecule has 0 radical (unpaired) electrons. The Hall–Kier alpha value is -0.870. The molecule has 0 aliphatic carbocycles. The van der Waals surface area contributed by atoms with Crippen LogP contribution in [0.25, 0.3) is 0 Å². The molecule has 2 unspecified atom stereocenters. The van der Waals surface area contributed by atoms with Gasteiger partial charge in [0, 0.05) is 24.9 Å². The second kappa shape index (κ2) is 5.86. The highest BCUT2D eigenvalue weighted by molar-refractivity contribution is 5.09. The molecular formula is C16H27N3O. The van der Waals surface area contributed by atoms with Gasteiger partial charge in [0.1, 0.15) is 0 Å². The van der Waals surface area contributed by atoms with Gasteiger partial charge in [-0.05, 0) is 45.1 Å². The largest absolute Gasteiger partial charge is 0.375 e. The van der Waals surface area contributed by atoms with Crippen molar-refractivity contribution >= 4 is 0 Å². The van der Waals surface area contributed by atoms with Crippen molar-refractivity contribution in [2.45, 2.75) is 70.1 Å². The molecule has 0 aromatic carbocycles. The molecule has 112 valence electrons. The van der Waals surface area contributed by atoms with Crippen LogP contribution in [0.5, 0.6) is 0 Å². The molecule has 0 spiro atoms. The monoisotopic (exact) mass is 277 g/mol. The molecule has 0 bridgehead atoms. The normalized spacial score (nSPS) is 29.7. The molecule has 2 aliphatic rings. The highest BCUT2D eigenvalue weighted by atomic mass is 16.5. The van der Waals surface area contributed by atoms with Gasteiger partial charge in [-0.2, -0.15) is 0 Å². The number of hydrogen-bond acceptors (Lipinski definition) is 3. The number of imidazole rings is 1. The Morgan fingerprint density at radius 2 is 2.25 bits per heavy atom. The van der Waals surface area contributed by atoms with Crippen molar-refractivity contribution < 1.29 is 4.74 Å². The molecule has 4 heteroatoms. The maximum absolute atomic E-state index is 6.11. The molecule has 1 N–H and O–H groups in total. The van der Waals surface area contributed by atoms with Crippen LogP contribution >= 0.6 is 0 Å². The summed E-state index contributed by atoms with van der Waals surface area (Å²) in [6.45, 7) is 6.51. The SMILES string of the molecule is CCC1(CC)CC(n2cncc2C2CCCN2)CCO1. The zero-order valence-electron chi connectivity index (χ0n) is 12.8. The zero-order valence-corrected chi connectivity index (χ0v) is 12.8. The van der Waals surface area contributed by atoms with E-state index in [0.717, 1.165) is 38.8 Å². The van der Waals surface area contributed by atoms with E-state index in [4.69, 9.17) is 4.74 Å². The molecule has 0 saturated carbocycles. The number of aromatic nitrogens is 2. The van der Waals surface area contributed by atoms with E-state index in [2.05, 4.69) is 34.9 Å². The highest BCUT2D eigenvalue weighted by Gasteiger charge is 2.36. The minimum atomic E-state index is 0.0769. The predicted octanol–water partition coefficient (Wildman–Crippen LogP) is 3.22. The van der Waals surface area contributed by atoms with Crippen LogP contribution in [0.15, 0.2) is 12.5 Å². The van der Waals surface area contributed by atoms with Crippen LogP contribution in [0.4, 0.5) is 0 Å². The number of ether oxygens (including phenoxy) is 1. The van der Waals surface area contributed by atoms with Gasteiger partial charge >= 0.3 is 0 Å². The summed E-state index contributed by atoms with van der Waals surface area (Å²) in [7, 11) is 0. The van der Waals surface area contributed by atoms with E-state index in [-0.39, 0.29) is 5.60 Å². The number of nitrogens with one attached hydrogen (secondary N) is 1. The third kappa shape index (κ3) is 2.51. The molecule has 2 fully saturated rings. The second-order valence-electron chi connectivity index (χ2n) is 6.26. The fraction of sp³-hybridized carbons (Fsp3) is 0.812. The summed E-state index contributed by atoms with van der Waals surface area (Å²) >= 11 is 0. The smallest absolute Gasteiger partial charge is 0.0951 e. The lowest BCUT2D eigenvalue weighted by Crippen LogP contribution is -2.40. The van der Waals surface area contributed by atoms with Crippen LogP contribution in [-0.2, 0) is 4.74 Å². The van der Waals surface area contributed by atoms with Gasteiger partial charge in [0.15, 0.2) is 0 Å². The lowest BCUT2D eigenvalue weighted by atomic mass is 9.85. The summed E-state index contributed by atoms with van der Waals surface area (Å²) in [5, 5.41) is 3.60. The van der Waals surface area contributed by atoms with Gasteiger partial charge in [-0.3, -0.25) is 0 Å².